The third-order valence-electron chi connectivity index (χ3n) is 3.56. The standard InChI is InChI=1S/C19H16N4OS/c1-3-8-15(9-4-1)20-21-19-23(16-10-5-2-6-11-16)22-18(25-19)14-17-12-7-13-24-17/h1-13,20H,14H2/b21-19+. The van der Waals surface area contributed by atoms with E-state index in [1.807, 2.05) is 77.5 Å². The van der Waals surface area contributed by atoms with Crippen LogP contribution in [0.3, 0.4) is 0 Å². The smallest absolute Gasteiger partial charge is 0.231 e. The first-order valence-corrected chi connectivity index (χ1v) is 8.72. The highest BCUT2D eigenvalue weighted by Gasteiger charge is 2.09. The van der Waals surface area contributed by atoms with Crippen LogP contribution in [0.2, 0.25) is 0 Å². The van der Waals surface area contributed by atoms with E-state index in [2.05, 4.69) is 10.5 Å². The molecule has 4 aromatic rings. The quantitative estimate of drug-likeness (QED) is 0.554. The fourth-order valence-corrected chi connectivity index (χ4v) is 3.26. The van der Waals surface area contributed by atoms with Gasteiger partial charge in [-0.3, -0.25) is 5.43 Å². The molecule has 5 nitrogen and oxygen atoms in total. The third-order valence-corrected chi connectivity index (χ3v) is 4.47. The van der Waals surface area contributed by atoms with Gasteiger partial charge in [0.1, 0.15) is 10.8 Å². The zero-order chi connectivity index (χ0) is 16.9. The molecule has 0 saturated carbocycles. The summed E-state index contributed by atoms with van der Waals surface area (Å²) < 4.78 is 7.28. The van der Waals surface area contributed by atoms with Crippen LogP contribution in [0.5, 0.6) is 0 Å². The van der Waals surface area contributed by atoms with E-state index < -0.39 is 0 Å². The maximum Gasteiger partial charge on any atom is 0.231 e. The Kier molecular flexibility index (Phi) is 4.43. The number of nitrogens with one attached hydrogen (secondary N) is 1. The minimum absolute atomic E-state index is 0.644. The highest BCUT2D eigenvalue weighted by atomic mass is 32.1. The van der Waals surface area contributed by atoms with Crippen LogP contribution < -0.4 is 10.2 Å². The van der Waals surface area contributed by atoms with E-state index in [4.69, 9.17) is 9.52 Å². The number of benzene rings is 2. The van der Waals surface area contributed by atoms with Crippen LogP contribution >= 0.6 is 11.3 Å². The first-order valence-electron chi connectivity index (χ1n) is 7.90. The largest absolute Gasteiger partial charge is 0.469 e. The number of aromatic nitrogens is 2. The maximum atomic E-state index is 5.43. The van der Waals surface area contributed by atoms with Gasteiger partial charge in [0.2, 0.25) is 4.80 Å². The van der Waals surface area contributed by atoms with Crippen LogP contribution in [0.4, 0.5) is 5.69 Å². The number of nitrogens with zero attached hydrogens (tertiary/aromatic N) is 3. The molecule has 1 N–H and O–H groups in total. The van der Waals surface area contributed by atoms with Crippen molar-refractivity contribution in [3.63, 3.8) is 0 Å². The molecule has 0 fully saturated rings. The number of anilines is 1. The Morgan fingerprint density at radius 3 is 2.44 bits per heavy atom. The van der Waals surface area contributed by atoms with Gasteiger partial charge in [0.25, 0.3) is 0 Å². The first kappa shape index (κ1) is 15.4. The van der Waals surface area contributed by atoms with Crippen molar-refractivity contribution in [3.8, 4) is 5.69 Å². The summed E-state index contributed by atoms with van der Waals surface area (Å²) in [6.07, 6.45) is 2.32. The Balaban J connectivity index is 1.71. The van der Waals surface area contributed by atoms with Gasteiger partial charge in [-0.2, -0.15) is 5.10 Å². The molecule has 124 valence electrons. The molecule has 0 unspecified atom stereocenters. The SMILES string of the molecule is c1ccc(N/N=c2/sc(Cc3ccco3)nn2-c2ccccc2)cc1. The average molecular weight is 348 g/mol. The van der Waals surface area contributed by atoms with Crippen molar-refractivity contribution in [2.24, 2.45) is 5.10 Å². The molecule has 0 radical (unpaired) electrons. The van der Waals surface area contributed by atoms with E-state index in [1.54, 1.807) is 6.26 Å². The van der Waals surface area contributed by atoms with E-state index in [0.29, 0.717) is 6.42 Å². The van der Waals surface area contributed by atoms with Crippen LogP contribution in [-0.2, 0) is 6.42 Å². The topological polar surface area (TPSA) is 55.4 Å². The lowest BCUT2D eigenvalue weighted by molar-refractivity contribution is 0.519. The zero-order valence-electron chi connectivity index (χ0n) is 13.4. The number of para-hydroxylation sites is 2. The van der Waals surface area contributed by atoms with Crippen molar-refractivity contribution in [1.82, 2.24) is 9.78 Å². The second-order valence-electron chi connectivity index (χ2n) is 5.37. The van der Waals surface area contributed by atoms with Gasteiger partial charge in [-0.25, -0.2) is 4.68 Å². The van der Waals surface area contributed by atoms with Crippen molar-refractivity contribution in [2.45, 2.75) is 6.42 Å². The van der Waals surface area contributed by atoms with Gasteiger partial charge in [0.15, 0.2) is 0 Å². The summed E-state index contributed by atoms with van der Waals surface area (Å²) in [6.45, 7) is 0. The Morgan fingerprint density at radius 2 is 1.72 bits per heavy atom. The Bertz CT molecular complexity index is 989. The predicted octanol–water partition coefficient (Wildman–Crippen LogP) is 4.05. The second-order valence-corrected chi connectivity index (χ2v) is 6.41. The van der Waals surface area contributed by atoms with Gasteiger partial charge in [0.05, 0.1) is 24.1 Å². The van der Waals surface area contributed by atoms with Gasteiger partial charge in [0, 0.05) is 0 Å². The van der Waals surface area contributed by atoms with Crippen LogP contribution in [0.1, 0.15) is 10.8 Å². The second kappa shape index (κ2) is 7.19. The molecular formula is C19H16N4OS. The molecule has 0 aliphatic carbocycles. The van der Waals surface area contributed by atoms with Crippen LogP contribution in [0, 0.1) is 0 Å². The Labute approximate surface area is 148 Å². The lowest BCUT2D eigenvalue weighted by Gasteiger charge is -2.01. The van der Waals surface area contributed by atoms with E-state index >= 15 is 0 Å². The van der Waals surface area contributed by atoms with Gasteiger partial charge in [-0.1, -0.05) is 47.7 Å². The van der Waals surface area contributed by atoms with E-state index in [0.717, 1.165) is 26.9 Å². The highest BCUT2D eigenvalue weighted by Crippen LogP contribution is 2.13. The summed E-state index contributed by atoms with van der Waals surface area (Å²) >= 11 is 1.53. The van der Waals surface area contributed by atoms with Gasteiger partial charge >= 0.3 is 0 Å². The molecule has 0 bridgehead atoms. The molecule has 6 heteroatoms. The monoisotopic (exact) mass is 348 g/mol. The molecule has 0 aliphatic heterocycles. The van der Waals surface area contributed by atoms with Gasteiger partial charge in [-0.15, -0.1) is 5.10 Å². The van der Waals surface area contributed by atoms with Crippen molar-refractivity contribution in [2.75, 3.05) is 5.43 Å². The van der Waals surface area contributed by atoms with Crippen LogP contribution in [0.25, 0.3) is 5.69 Å². The molecule has 0 aliphatic rings. The molecule has 2 aromatic heterocycles. The van der Waals surface area contributed by atoms with Gasteiger partial charge in [-0.05, 0) is 36.4 Å². The molecule has 4 rings (SSSR count). The molecule has 0 saturated heterocycles. The first-order chi connectivity index (χ1) is 12.4. The molecular weight excluding hydrogens is 332 g/mol. The van der Waals surface area contributed by atoms with E-state index in [9.17, 15) is 0 Å². The predicted molar refractivity (Wildman–Crippen MR) is 98.6 cm³/mol. The molecule has 2 heterocycles. The van der Waals surface area contributed by atoms with Crippen LogP contribution in [-0.4, -0.2) is 9.78 Å². The zero-order valence-corrected chi connectivity index (χ0v) is 14.2. The molecule has 25 heavy (non-hydrogen) atoms. The Morgan fingerprint density at radius 1 is 0.960 bits per heavy atom. The Hall–Kier alpha value is -3.12. The number of rotatable bonds is 5. The minimum Gasteiger partial charge on any atom is -0.469 e. The average Bonchev–Trinajstić information content (AvgIpc) is 3.32. The number of hydrogen-bond donors (Lipinski definition) is 1. The highest BCUT2D eigenvalue weighted by molar-refractivity contribution is 7.08. The normalized spacial score (nSPS) is 11.6. The van der Waals surface area contributed by atoms with Gasteiger partial charge < -0.3 is 4.42 Å². The molecule has 0 amide bonds. The summed E-state index contributed by atoms with van der Waals surface area (Å²) in [5.74, 6) is 0.886. The van der Waals surface area contributed by atoms with E-state index in [-0.39, 0.29) is 0 Å². The third kappa shape index (κ3) is 3.70. The molecule has 0 atom stereocenters. The summed E-state index contributed by atoms with van der Waals surface area (Å²) in [4.78, 5) is 0.775. The fraction of sp³-hybridized carbons (Fsp3) is 0.0526. The molecule has 2 aromatic carbocycles. The fourth-order valence-electron chi connectivity index (χ4n) is 2.39. The minimum atomic E-state index is 0.644. The summed E-state index contributed by atoms with van der Waals surface area (Å²) in [5, 5.41) is 10.2. The maximum absolute atomic E-state index is 5.43. The van der Waals surface area contributed by atoms with Crippen molar-refractivity contribution >= 4 is 17.0 Å². The van der Waals surface area contributed by atoms with Crippen molar-refractivity contribution in [1.29, 1.82) is 0 Å². The lowest BCUT2D eigenvalue weighted by Crippen LogP contribution is -2.16. The lowest BCUT2D eigenvalue weighted by atomic mass is 10.3. The summed E-state index contributed by atoms with van der Waals surface area (Å²) in [6, 6.07) is 23.7. The van der Waals surface area contributed by atoms with Crippen molar-refractivity contribution in [3.05, 3.63) is 94.6 Å². The summed E-state index contributed by atoms with van der Waals surface area (Å²) in [5.41, 5.74) is 5.00. The van der Waals surface area contributed by atoms with Crippen LogP contribution in [0.15, 0.2) is 88.6 Å². The van der Waals surface area contributed by atoms with E-state index in [1.165, 1.54) is 11.3 Å². The molecule has 0 spiro atoms. The number of hydrogen-bond acceptors (Lipinski definition) is 5. The number of furan rings is 1. The summed E-state index contributed by atoms with van der Waals surface area (Å²) in [7, 11) is 0. The van der Waals surface area contributed by atoms with Crippen molar-refractivity contribution < 1.29 is 4.42 Å².